The van der Waals surface area contributed by atoms with E-state index in [1.807, 2.05) is 43.3 Å². The van der Waals surface area contributed by atoms with Gasteiger partial charge in [0.15, 0.2) is 5.88 Å². The maximum Gasteiger partial charge on any atom is 0.296 e. The molecule has 4 rings (SSSR count). The molecule has 0 fully saturated rings. The van der Waals surface area contributed by atoms with Crippen molar-refractivity contribution in [2.24, 2.45) is 4.99 Å². The van der Waals surface area contributed by atoms with Gasteiger partial charge in [-0.2, -0.15) is 0 Å². The Morgan fingerprint density at radius 1 is 1.09 bits per heavy atom. The molecule has 3 N–H and O–H groups in total. The number of hydrogen-bond donors (Lipinski definition) is 3. The Kier molecular flexibility index (Phi) is 6.33. The van der Waals surface area contributed by atoms with Crippen LogP contribution in [0.3, 0.4) is 0 Å². The number of H-pyrrole nitrogens is 1. The van der Waals surface area contributed by atoms with E-state index in [2.05, 4.69) is 22.1 Å². The maximum absolute atomic E-state index is 11.6. The minimum Gasteiger partial charge on any atom is -0.494 e. The largest absolute Gasteiger partial charge is 0.494 e. The van der Waals surface area contributed by atoms with Crippen LogP contribution in [-0.2, 0) is 4.79 Å². The smallest absolute Gasteiger partial charge is 0.296 e. The Labute approximate surface area is 191 Å². The van der Waals surface area contributed by atoms with Crippen LogP contribution < -0.4 is 5.32 Å². The van der Waals surface area contributed by atoms with Crippen molar-refractivity contribution in [1.29, 1.82) is 0 Å². The lowest BCUT2D eigenvalue weighted by Gasteiger charge is -2.08. The molecule has 6 heteroatoms. The van der Waals surface area contributed by atoms with Crippen molar-refractivity contribution in [3.8, 4) is 17.7 Å². The molecular weight excluding hydrogens is 414 g/mol. The highest BCUT2D eigenvalue weighted by Gasteiger charge is 2.18. The van der Waals surface area contributed by atoms with Crippen LogP contribution in [0.5, 0.6) is 5.88 Å². The predicted molar refractivity (Wildman–Crippen MR) is 129 cm³/mol. The Morgan fingerprint density at radius 2 is 1.85 bits per heavy atom. The van der Waals surface area contributed by atoms with Crippen LogP contribution in [0.2, 0.25) is 0 Å². The molecule has 0 atom stereocenters. The van der Waals surface area contributed by atoms with Gasteiger partial charge in [0.1, 0.15) is 6.29 Å². The van der Waals surface area contributed by atoms with E-state index in [0.29, 0.717) is 40.2 Å². The van der Waals surface area contributed by atoms with Crippen molar-refractivity contribution in [3.05, 3.63) is 95.1 Å². The van der Waals surface area contributed by atoms with Crippen LogP contribution in [0.1, 0.15) is 34.0 Å². The van der Waals surface area contributed by atoms with Gasteiger partial charge in [0, 0.05) is 34.5 Å². The molecule has 0 bridgehead atoms. The van der Waals surface area contributed by atoms with Gasteiger partial charge >= 0.3 is 0 Å². The first-order valence-corrected chi connectivity index (χ1v) is 10.4. The molecule has 0 aliphatic rings. The molecule has 0 saturated carbocycles. The SMILES string of the molecule is CCNC(=O)C#Cc1ccc2c(C(=Nc3ccc(C=O)cc3)c3ccccc3)c(O)[nH]c2c1. The van der Waals surface area contributed by atoms with E-state index in [4.69, 9.17) is 4.99 Å². The highest BCUT2D eigenvalue weighted by molar-refractivity contribution is 6.22. The molecule has 6 nitrogen and oxygen atoms in total. The first-order valence-electron chi connectivity index (χ1n) is 10.4. The number of aromatic hydroxyl groups is 1. The number of aromatic nitrogens is 1. The zero-order valence-corrected chi connectivity index (χ0v) is 17.9. The number of carbonyl (C=O) groups excluding carboxylic acids is 2. The van der Waals surface area contributed by atoms with Gasteiger partial charge in [-0.25, -0.2) is 4.99 Å². The summed E-state index contributed by atoms with van der Waals surface area (Å²) >= 11 is 0. The number of aromatic amines is 1. The Balaban J connectivity index is 1.83. The second-order valence-corrected chi connectivity index (χ2v) is 7.25. The summed E-state index contributed by atoms with van der Waals surface area (Å²) < 4.78 is 0. The predicted octanol–water partition coefficient (Wildman–Crippen LogP) is 4.34. The summed E-state index contributed by atoms with van der Waals surface area (Å²) in [4.78, 5) is 30.4. The van der Waals surface area contributed by atoms with Crippen LogP contribution in [0.15, 0.2) is 77.8 Å². The number of aliphatic imine (C=N–C) groups is 1. The number of benzene rings is 3. The molecule has 1 amide bonds. The topological polar surface area (TPSA) is 94.6 Å². The lowest BCUT2D eigenvalue weighted by molar-refractivity contribution is -0.115. The maximum atomic E-state index is 11.6. The zero-order chi connectivity index (χ0) is 23.2. The minimum absolute atomic E-state index is 0.0223. The molecule has 4 aromatic rings. The summed E-state index contributed by atoms with van der Waals surface area (Å²) in [6.07, 6.45) is 0.781. The number of hydrogen-bond acceptors (Lipinski definition) is 4. The number of amides is 1. The quantitative estimate of drug-likeness (QED) is 0.247. The number of carbonyl (C=O) groups is 2. The van der Waals surface area contributed by atoms with Gasteiger partial charge < -0.3 is 15.4 Å². The summed E-state index contributed by atoms with van der Waals surface area (Å²) in [5, 5.41) is 14.2. The average molecular weight is 435 g/mol. The molecule has 0 saturated heterocycles. The number of fused-ring (bicyclic) bond motifs is 1. The summed E-state index contributed by atoms with van der Waals surface area (Å²) in [7, 11) is 0. The van der Waals surface area contributed by atoms with Crippen LogP contribution in [0.25, 0.3) is 10.9 Å². The lowest BCUT2D eigenvalue weighted by Crippen LogP contribution is -2.20. The minimum atomic E-state index is -0.341. The third kappa shape index (κ3) is 4.83. The number of rotatable bonds is 5. The van der Waals surface area contributed by atoms with Crippen molar-refractivity contribution < 1.29 is 14.7 Å². The van der Waals surface area contributed by atoms with E-state index in [-0.39, 0.29) is 11.8 Å². The van der Waals surface area contributed by atoms with E-state index >= 15 is 0 Å². The summed E-state index contributed by atoms with van der Waals surface area (Å²) in [5.41, 5.74) is 4.49. The second-order valence-electron chi connectivity index (χ2n) is 7.25. The third-order valence-electron chi connectivity index (χ3n) is 4.99. The van der Waals surface area contributed by atoms with Gasteiger partial charge in [-0.1, -0.05) is 42.3 Å². The van der Waals surface area contributed by atoms with E-state index in [9.17, 15) is 14.7 Å². The molecule has 3 aromatic carbocycles. The van der Waals surface area contributed by atoms with Crippen molar-refractivity contribution >= 4 is 34.5 Å². The normalized spacial score (nSPS) is 11.0. The fourth-order valence-electron chi connectivity index (χ4n) is 3.45. The monoisotopic (exact) mass is 435 g/mol. The van der Waals surface area contributed by atoms with Gasteiger partial charge in [0.2, 0.25) is 0 Å². The first kappa shape index (κ1) is 21.6. The van der Waals surface area contributed by atoms with Crippen molar-refractivity contribution in [2.75, 3.05) is 6.54 Å². The van der Waals surface area contributed by atoms with Crippen LogP contribution in [0, 0.1) is 11.8 Å². The molecule has 0 radical (unpaired) electrons. The molecular formula is C27H21N3O3. The summed E-state index contributed by atoms with van der Waals surface area (Å²) in [6, 6.07) is 21.9. The van der Waals surface area contributed by atoms with Gasteiger partial charge in [0.25, 0.3) is 5.91 Å². The third-order valence-corrected chi connectivity index (χ3v) is 4.99. The molecule has 0 aliphatic carbocycles. The van der Waals surface area contributed by atoms with Gasteiger partial charge in [-0.3, -0.25) is 9.59 Å². The average Bonchev–Trinajstić information content (AvgIpc) is 3.17. The van der Waals surface area contributed by atoms with Crippen molar-refractivity contribution in [2.45, 2.75) is 6.92 Å². The van der Waals surface area contributed by atoms with Crippen LogP contribution >= 0.6 is 0 Å². The number of aldehydes is 1. The molecule has 1 aromatic heterocycles. The molecule has 33 heavy (non-hydrogen) atoms. The van der Waals surface area contributed by atoms with E-state index < -0.39 is 0 Å². The van der Waals surface area contributed by atoms with Gasteiger partial charge in [-0.15, -0.1) is 0 Å². The van der Waals surface area contributed by atoms with Gasteiger partial charge in [-0.05, 0) is 43.3 Å². The highest BCUT2D eigenvalue weighted by atomic mass is 16.3. The van der Waals surface area contributed by atoms with Crippen LogP contribution in [0.4, 0.5) is 5.69 Å². The fraction of sp³-hybridized carbons (Fsp3) is 0.0741. The summed E-state index contributed by atoms with van der Waals surface area (Å²) in [5.74, 6) is 5.03. The standard InChI is InChI=1S/C27H21N3O3/c1-2-28-24(32)15-11-18-10-14-22-23(16-18)30-27(33)25(22)26(20-6-4-3-5-7-20)29-21-12-8-19(17-31)9-13-21/h3-10,12-14,16-17,30,33H,2H2,1H3,(H,28,32). The van der Waals surface area contributed by atoms with E-state index in [1.54, 1.807) is 36.4 Å². The molecule has 0 aliphatic heterocycles. The van der Waals surface area contributed by atoms with E-state index in [1.165, 1.54) is 0 Å². The van der Waals surface area contributed by atoms with E-state index in [0.717, 1.165) is 17.2 Å². The number of nitrogens with zero attached hydrogens (tertiary/aromatic N) is 1. The van der Waals surface area contributed by atoms with Crippen molar-refractivity contribution in [3.63, 3.8) is 0 Å². The second kappa shape index (κ2) is 9.67. The van der Waals surface area contributed by atoms with Crippen molar-refractivity contribution in [1.82, 2.24) is 10.3 Å². The molecule has 0 spiro atoms. The number of nitrogens with one attached hydrogen (secondary N) is 2. The molecule has 0 unspecified atom stereocenters. The molecule has 1 heterocycles. The lowest BCUT2D eigenvalue weighted by atomic mass is 10.00. The Hall–Kier alpha value is -4.63. The molecule has 162 valence electrons. The highest BCUT2D eigenvalue weighted by Crippen LogP contribution is 2.32. The Morgan fingerprint density at radius 3 is 2.55 bits per heavy atom. The van der Waals surface area contributed by atoms with Gasteiger partial charge in [0.05, 0.1) is 22.5 Å². The summed E-state index contributed by atoms with van der Waals surface area (Å²) in [6.45, 7) is 2.34. The Bertz CT molecular complexity index is 1410. The zero-order valence-electron chi connectivity index (χ0n) is 17.9. The van der Waals surface area contributed by atoms with Crippen LogP contribution in [-0.4, -0.2) is 34.5 Å². The fourth-order valence-corrected chi connectivity index (χ4v) is 3.45. The first-order chi connectivity index (χ1) is 16.1.